The number of fused-ring (bicyclic) bond motifs is 1. The first-order chi connectivity index (χ1) is 7.36. The van der Waals surface area contributed by atoms with Gasteiger partial charge in [-0.1, -0.05) is 6.07 Å². The van der Waals surface area contributed by atoms with Gasteiger partial charge < -0.3 is 9.84 Å². The van der Waals surface area contributed by atoms with Gasteiger partial charge in [0.25, 0.3) is 0 Å². The molecule has 0 bridgehead atoms. The Hall–Kier alpha value is -1.09. The Kier molecular flexibility index (Phi) is 1.16. The number of rotatable bonds is 0. The van der Waals surface area contributed by atoms with Crippen LogP contribution in [0, 0.1) is 5.82 Å². The Morgan fingerprint density at radius 3 is 3.31 bits per heavy atom. The minimum Gasteiger partial charge on any atom is -0.493 e. The summed E-state index contributed by atoms with van der Waals surface area (Å²) in [5, 5.41) is 10.2. The molecule has 1 aromatic carbocycles. The standard InChI is InChI=1S/C10H11FO2/c1-10(12)5-6-13-8-4-2-3-7(11)9(8)10/h2-4,12H,5-6H2,1H3/i1D3. The molecule has 0 saturated carbocycles. The van der Waals surface area contributed by atoms with E-state index in [0.717, 1.165) is 6.07 Å². The Morgan fingerprint density at radius 2 is 2.54 bits per heavy atom. The van der Waals surface area contributed by atoms with Crippen molar-refractivity contribution in [3.05, 3.63) is 29.6 Å². The van der Waals surface area contributed by atoms with Crippen LogP contribution in [0.25, 0.3) is 0 Å². The number of ether oxygens (including phenoxy) is 1. The highest BCUT2D eigenvalue weighted by Crippen LogP contribution is 2.37. The van der Waals surface area contributed by atoms with E-state index >= 15 is 0 Å². The van der Waals surface area contributed by atoms with Gasteiger partial charge in [0.1, 0.15) is 11.6 Å². The highest BCUT2D eigenvalue weighted by Gasteiger charge is 2.33. The molecule has 0 radical (unpaired) electrons. The summed E-state index contributed by atoms with van der Waals surface area (Å²) < 4.78 is 40.7. The van der Waals surface area contributed by atoms with Crippen molar-refractivity contribution in [3.63, 3.8) is 0 Å². The lowest BCUT2D eigenvalue weighted by molar-refractivity contribution is 0.0110. The molecule has 1 aromatic rings. The Bertz CT molecular complexity index is 419. The van der Waals surface area contributed by atoms with Crippen LogP contribution in [-0.4, -0.2) is 11.7 Å². The molecule has 1 N–H and O–H groups in total. The molecule has 70 valence electrons. The monoisotopic (exact) mass is 185 g/mol. The number of hydrogen-bond acceptors (Lipinski definition) is 2. The average molecular weight is 185 g/mol. The number of hydrogen-bond donors (Lipinski definition) is 1. The molecule has 1 aliphatic rings. The largest absolute Gasteiger partial charge is 0.493 e. The van der Waals surface area contributed by atoms with Crippen molar-refractivity contribution in [3.8, 4) is 5.75 Å². The molecule has 0 saturated heterocycles. The number of halogens is 1. The normalized spacial score (nSPS) is 30.8. The summed E-state index contributed by atoms with van der Waals surface area (Å²) in [6, 6.07) is 3.98. The Labute approximate surface area is 80.2 Å². The molecule has 1 atom stereocenters. The molecule has 0 fully saturated rings. The third kappa shape index (κ3) is 1.29. The lowest BCUT2D eigenvalue weighted by Crippen LogP contribution is -2.30. The van der Waals surface area contributed by atoms with Crippen LogP contribution in [-0.2, 0) is 5.60 Å². The van der Waals surface area contributed by atoms with E-state index in [2.05, 4.69) is 0 Å². The predicted molar refractivity (Wildman–Crippen MR) is 46.1 cm³/mol. The van der Waals surface area contributed by atoms with Gasteiger partial charge in [-0.25, -0.2) is 4.39 Å². The van der Waals surface area contributed by atoms with E-state index in [-0.39, 0.29) is 24.3 Å². The molecule has 2 rings (SSSR count). The van der Waals surface area contributed by atoms with E-state index in [1.54, 1.807) is 0 Å². The number of benzene rings is 1. The first-order valence-electron chi connectivity index (χ1n) is 5.50. The maximum atomic E-state index is 13.6. The zero-order valence-electron chi connectivity index (χ0n) is 9.88. The van der Waals surface area contributed by atoms with E-state index in [4.69, 9.17) is 8.85 Å². The molecule has 0 aliphatic carbocycles. The second-order valence-corrected chi connectivity index (χ2v) is 3.07. The summed E-state index contributed by atoms with van der Waals surface area (Å²) in [5.41, 5.74) is -2.42. The van der Waals surface area contributed by atoms with Gasteiger partial charge in [-0.3, -0.25) is 0 Å². The fraction of sp³-hybridized carbons (Fsp3) is 0.400. The van der Waals surface area contributed by atoms with Crippen LogP contribution in [0.1, 0.15) is 22.9 Å². The van der Waals surface area contributed by atoms with Crippen molar-refractivity contribution >= 4 is 0 Å². The average Bonchev–Trinajstić information content (AvgIpc) is 2.16. The molecule has 0 spiro atoms. The molecule has 2 nitrogen and oxygen atoms in total. The van der Waals surface area contributed by atoms with Crippen molar-refractivity contribution < 1.29 is 18.3 Å². The third-order valence-corrected chi connectivity index (χ3v) is 2.11. The van der Waals surface area contributed by atoms with Gasteiger partial charge >= 0.3 is 0 Å². The van der Waals surface area contributed by atoms with Crippen molar-refractivity contribution in [2.45, 2.75) is 18.9 Å². The fourth-order valence-electron chi connectivity index (χ4n) is 1.46. The minimum atomic E-state index is -2.67. The van der Waals surface area contributed by atoms with Crippen molar-refractivity contribution in [2.75, 3.05) is 6.61 Å². The highest BCUT2D eigenvalue weighted by atomic mass is 19.1. The number of aliphatic hydroxyl groups is 1. The first kappa shape index (κ1) is 5.60. The molecule has 1 aliphatic heterocycles. The maximum Gasteiger partial charge on any atom is 0.133 e. The predicted octanol–water partition coefficient (Wildman–Crippen LogP) is 1.82. The Balaban J connectivity index is 2.64. The third-order valence-electron chi connectivity index (χ3n) is 2.11. The fourth-order valence-corrected chi connectivity index (χ4v) is 1.46. The van der Waals surface area contributed by atoms with Gasteiger partial charge in [0.2, 0.25) is 0 Å². The van der Waals surface area contributed by atoms with Gasteiger partial charge in [-0.15, -0.1) is 0 Å². The summed E-state index contributed by atoms with van der Waals surface area (Å²) in [6.45, 7) is -2.61. The minimum absolute atomic E-state index is 0.0609. The van der Waals surface area contributed by atoms with E-state index in [1.807, 2.05) is 0 Å². The quantitative estimate of drug-likeness (QED) is 0.668. The van der Waals surface area contributed by atoms with Gasteiger partial charge in [-0.2, -0.15) is 0 Å². The van der Waals surface area contributed by atoms with Crippen LogP contribution >= 0.6 is 0 Å². The molecular formula is C10H11FO2. The van der Waals surface area contributed by atoms with Crippen LogP contribution in [0.2, 0.25) is 0 Å². The van der Waals surface area contributed by atoms with E-state index in [9.17, 15) is 9.50 Å². The second kappa shape index (κ2) is 2.70. The topological polar surface area (TPSA) is 29.5 Å². The van der Waals surface area contributed by atoms with Gasteiger partial charge in [-0.05, 0) is 19.0 Å². The summed E-state index contributed by atoms with van der Waals surface area (Å²) in [7, 11) is 0. The van der Waals surface area contributed by atoms with Gasteiger partial charge in [0.15, 0.2) is 0 Å². The molecule has 1 heterocycles. The van der Waals surface area contributed by atoms with Crippen molar-refractivity contribution in [2.24, 2.45) is 0 Å². The van der Waals surface area contributed by atoms with E-state index in [1.165, 1.54) is 12.1 Å². The molecule has 0 aromatic heterocycles. The van der Waals surface area contributed by atoms with Crippen molar-refractivity contribution in [1.82, 2.24) is 0 Å². The van der Waals surface area contributed by atoms with E-state index < -0.39 is 18.3 Å². The summed E-state index contributed by atoms with van der Waals surface area (Å²) in [5.74, 6) is -0.652. The van der Waals surface area contributed by atoms with E-state index in [0.29, 0.717) is 0 Å². The lowest BCUT2D eigenvalue weighted by Gasteiger charge is -2.31. The first-order valence-corrected chi connectivity index (χ1v) is 4.00. The van der Waals surface area contributed by atoms with Crippen LogP contribution < -0.4 is 4.74 Å². The Morgan fingerprint density at radius 1 is 1.69 bits per heavy atom. The maximum absolute atomic E-state index is 13.6. The van der Waals surface area contributed by atoms with Gasteiger partial charge in [0.05, 0.1) is 17.8 Å². The molecular weight excluding hydrogens is 171 g/mol. The lowest BCUT2D eigenvalue weighted by atomic mass is 9.90. The van der Waals surface area contributed by atoms with Crippen LogP contribution in [0.3, 0.4) is 0 Å². The molecule has 3 heteroatoms. The summed E-state index contributed by atoms with van der Waals surface area (Å²) in [4.78, 5) is 0. The second-order valence-electron chi connectivity index (χ2n) is 3.07. The SMILES string of the molecule is [2H]C([2H])([2H])C1(O)CCOc2cccc(F)c21. The van der Waals surface area contributed by atoms with Crippen LogP contribution in [0.15, 0.2) is 18.2 Å². The molecule has 13 heavy (non-hydrogen) atoms. The summed E-state index contributed by atoms with van der Waals surface area (Å²) >= 11 is 0. The highest BCUT2D eigenvalue weighted by molar-refractivity contribution is 5.40. The van der Waals surface area contributed by atoms with Crippen molar-refractivity contribution in [1.29, 1.82) is 0 Å². The molecule has 1 unspecified atom stereocenters. The zero-order valence-corrected chi connectivity index (χ0v) is 6.88. The molecule has 0 amide bonds. The summed E-state index contributed by atoms with van der Waals surface area (Å²) in [6.07, 6.45) is -0.141. The zero-order chi connectivity index (χ0) is 12.0. The van der Waals surface area contributed by atoms with Gasteiger partial charge in [0, 0.05) is 10.5 Å². The smallest absolute Gasteiger partial charge is 0.133 e. The van der Waals surface area contributed by atoms with Crippen LogP contribution in [0.5, 0.6) is 5.75 Å². The van der Waals surface area contributed by atoms with Crippen LogP contribution in [0.4, 0.5) is 4.39 Å².